The van der Waals surface area contributed by atoms with E-state index in [0.717, 1.165) is 31.7 Å². The van der Waals surface area contributed by atoms with Gasteiger partial charge in [0.1, 0.15) is 0 Å². The van der Waals surface area contributed by atoms with Gasteiger partial charge in [-0.1, -0.05) is 0 Å². The molecule has 8 heteroatoms. The normalized spacial score (nSPS) is 14.5. The van der Waals surface area contributed by atoms with Crippen molar-refractivity contribution in [3.05, 3.63) is 24.2 Å². The van der Waals surface area contributed by atoms with Crippen LogP contribution in [0.4, 0.5) is 17.5 Å². The Morgan fingerprint density at radius 1 is 1.40 bits per heavy atom. The lowest BCUT2D eigenvalue weighted by atomic mass is 10.3. The standard InChI is InChI=1S/C12H15N7O/c13-12-16-9(17-18-12)11(20)15-8-4-3-5-14-10(8)19-6-1-2-7-19/h3-5H,1-2,6-7H2,(H,15,20)(H3,13,16,17,18). The highest BCUT2D eigenvalue weighted by Gasteiger charge is 2.19. The molecule has 1 amide bonds. The molecule has 3 rings (SSSR count). The highest BCUT2D eigenvalue weighted by Crippen LogP contribution is 2.26. The second-order valence-electron chi connectivity index (χ2n) is 4.57. The lowest BCUT2D eigenvalue weighted by Crippen LogP contribution is -2.22. The van der Waals surface area contributed by atoms with Crippen LogP contribution in [-0.4, -0.2) is 39.2 Å². The minimum Gasteiger partial charge on any atom is -0.366 e. The molecule has 0 bridgehead atoms. The van der Waals surface area contributed by atoms with Crippen molar-refractivity contribution in [3.8, 4) is 0 Å². The molecule has 4 N–H and O–H groups in total. The molecule has 2 aromatic rings. The van der Waals surface area contributed by atoms with E-state index in [4.69, 9.17) is 5.73 Å². The maximum Gasteiger partial charge on any atom is 0.293 e. The van der Waals surface area contributed by atoms with Crippen LogP contribution < -0.4 is 16.0 Å². The van der Waals surface area contributed by atoms with Crippen LogP contribution in [0.3, 0.4) is 0 Å². The number of carbonyl (C=O) groups excluding carboxylic acids is 1. The van der Waals surface area contributed by atoms with E-state index in [2.05, 4.69) is 30.4 Å². The summed E-state index contributed by atoms with van der Waals surface area (Å²) < 4.78 is 0. The molecule has 0 radical (unpaired) electrons. The van der Waals surface area contributed by atoms with E-state index >= 15 is 0 Å². The average Bonchev–Trinajstić information content (AvgIpc) is 3.10. The number of anilines is 3. The number of nitrogen functional groups attached to an aromatic ring is 1. The number of aromatic amines is 1. The van der Waals surface area contributed by atoms with Crippen LogP contribution in [0.5, 0.6) is 0 Å². The van der Waals surface area contributed by atoms with Gasteiger partial charge < -0.3 is 16.0 Å². The Morgan fingerprint density at radius 3 is 2.90 bits per heavy atom. The van der Waals surface area contributed by atoms with E-state index in [1.807, 2.05) is 6.07 Å². The van der Waals surface area contributed by atoms with Crippen molar-refractivity contribution >= 4 is 23.4 Å². The van der Waals surface area contributed by atoms with Crippen LogP contribution >= 0.6 is 0 Å². The lowest BCUT2D eigenvalue weighted by Gasteiger charge is -2.19. The van der Waals surface area contributed by atoms with Gasteiger partial charge in [-0.15, -0.1) is 5.10 Å². The van der Waals surface area contributed by atoms with Gasteiger partial charge in [0.25, 0.3) is 5.91 Å². The van der Waals surface area contributed by atoms with Crippen molar-refractivity contribution in [2.75, 3.05) is 29.0 Å². The van der Waals surface area contributed by atoms with E-state index in [1.54, 1.807) is 12.3 Å². The SMILES string of the molecule is Nc1n[nH]c(C(=O)Nc2cccnc2N2CCCC2)n1. The predicted octanol–water partition coefficient (Wildman–Crippen LogP) is 0.634. The largest absolute Gasteiger partial charge is 0.366 e. The van der Waals surface area contributed by atoms with Crippen molar-refractivity contribution < 1.29 is 4.79 Å². The minimum absolute atomic E-state index is 0.0427. The maximum absolute atomic E-state index is 12.0. The molecule has 8 nitrogen and oxygen atoms in total. The molecule has 1 fully saturated rings. The van der Waals surface area contributed by atoms with Gasteiger partial charge in [-0.3, -0.25) is 9.89 Å². The third-order valence-electron chi connectivity index (χ3n) is 3.16. The summed E-state index contributed by atoms with van der Waals surface area (Å²) in [7, 11) is 0. The first-order chi connectivity index (χ1) is 9.74. The Bertz CT molecular complexity index is 618. The molecule has 3 heterocycles. The van der Waals surface area contributed by atoms with E-state index in [-0.39, 0.29) is 17.7 Å². The summed E-state index contributed by atoms with van der Waals surface area (Å²) in [6.07, 6.45) is 4.00. The van der Waals surface area contributed by atoms with Crippen molar-refractivity contribution in [2.45, 2.75) is 12.8 Å². The topological polar surface area (TPSA) is 113 Å². The Morgan fingerprint density at radius 2 is 2.20 bits per heavy atom. The number of nitrogens with one attached hydrogen (secondary N) is 2. The van der Waals surface area contributed by atoms with E-state index in [9.17, 15) is 4.79 Å². The molecule has 0 spiro atoms. The second-order valence-corrected chi connectivity index (χ2v) is 4.57. The van der Waals surface area contributed by atoms with E-state index < -0.39 is 0 Å². The number of pyridine rings is 1. The van der Waals surface area contributed by atoms with Gasteiger partial charge in [0, 0.05) is 19.3 Å². The molecule has 0 atom stereocenters. The van der Waals surface area contributed by atoms with Gasteiger partial charge in [-0.25, -0.2) is 4.98 Å². The van der Waals surface area contributed by atoms with Gasteiger partial charge in [-0.2, -0.15) is 4.98 Å². The second kappa shape index (κ2) is 5.16. The number of H-pyrrole nitrogens is 1. The number of hydrogen-bond acceptors (Lipinski definition) is 6. The first-order valence-corrected chi connectivity index (χ1v) is 6.43. The molecule has 1 saturated heterocycles. The summed E-state index contributed by atoms with van der Waals surface area (Å²) in [6.45, 7) is 1.91. The van der Waals surface area contributed by atoms with Gasteiger partial charge in [0.2, 0.25) is 11.8 Å². The Hall–Kier alpha value is -2.64. The molecule has 1 aliphatic heterocycles. The van der Waals surface area contributed by atoms with E-state index in [1.165, 1.54) is 0 Å². The molecular formula is C12H15N7O. The molecule has 2 aromatic heterocycles. The summed E-state index contributed by atoms with van der Waals surface area (Å²) in [6, 6.07) is 3.60. The van der Waals surface area contributed by atoms with Crippen LogP contribution in [0, 0.1) is 0 Å². The summed E-state index contributed by atoms with van der Waals surface area (Å²) in [5, 5.41) is 8.90. The van der Waals surface area contributed by atoms with Crippen molar-refractivity contribution in [1.29, 1.82) is 0 Å². The molecule has 0 aromatic carbocycles. The molecule has 0 unspecified atom stereocenters. The van der Waals surface area contributed by atoms with Gasteiger partial charge >= 0.3 is 0 Å². The molecule has 1 aliphatic rings. The zero-order valence-corrected chi connectivity index (χ0v) is 10.8. The van der Waals surface area contributed by atoms with Crippen molar-refractivity contribution in [2.24, 2.45) is 0 Å². The number of rotatable bonds is 3. The Balaban J connectivity index is 1.81. The van der Waals surface area contributed by atoms with Crippen LogP contribution in [-0.2, 0) is 0 Å². The smallest absolute Gasteiger partial charge is 0.293 e. The van der Waals surface area contributed by atoms with Crippen LogP contribution in [0.1, 0.15) is 23.5 Å². The summed E-state index contributed by atoms with van der Waals surface area (Å²) in [4.78, 5) is 22.4. The summed E-state index contributed by atoms with van der Waals surface area (Å²) >= 11 is 0. The molecule has 0 aliphatic carbocycles. The first kappa shape index (κ1) is 12.4. The average molecular weight is 273 g/mol. The zero-order valence-electron chi connectivity index (χ0n) is 10.8. The van der Waals surface area contributed by atoms with Crippen LogP contribution in [0.2, 0.25) is 0 Å². The van der Waals surface area contributed by atoms with Crippen molar-refractivity contribution in [3.63, 3.8) is 0 Å². The lowest BCUT2D eigenvalue weighted by molar-refractivity contribution is 0.101. The summed E-state index contributed by atoms with van der Waals surface area (Å²) in [5.41, 5.74) is 6.05. The summed E-state index contributed by atoms with van der Waals surface area (Å²) in [5.74, 6) is 0.522. The van der Waals surface area contributed by atoms with Crippen LogP contribution in [0.25, 0.3) is 0 Å². The van der Waals surface area contributed by atoms with Crippen molar-refractivity contribution in [1.82, 2.24) is 20.2 Å². The molecule has 0 saturated carbocycles. The Labute approximate surface area is 115 Å². The number of amides is 1. The van der Waals surface area contributed by atoms with Gasteiger partial charge in [0.15, 0.2) is 5.82 Å². The predicted molar refractivity (Wildman–Crippen MR) is 74.4 cm³/mol. The fourth-order valence-electron chi connectivity index (χ4n) is 2.23. The molecule has 20 heavy (non-hydrogen) atoms. The van der Waals surface area contributed by atoms with Gasteiger partial charge in [-0.05, 0) is 25.0 Å². The number of carbonyl (C=O) groups is 1. The highest BCUT2D eigenvalue weighted by atomic mass is 16.2. The zero-order chi connectivity index (χ0) is 13.9. The first-order valence-electron chi connectivity index (χ1n) is 6.43. The highest BCUT2D eigenvalue weighted by molar-refractivity contribution is 6.03. The number of hydrogen-bond donors (Lipinski definition) is 3. The quantitative estimate of drug-likeness (QED) is 0.756. The third kappa shape index (κ3) is 2.40. The molecule has 104 valence electrons. The maximum atomic E-state index is 12.0. The fraction of sp³-hybridized carbons (Fsp3) is 0.333. The van der Waals surface area contributed by atoms with Crippen LogP contribution in [0.15, 0.2) is 18.3 Å². The fourth-order valence-corrected chi connectivity index (χ4v) is 2.23. The monoisotopic (exact) mass is 273 g/mol. The van der Waals surface area contributed by atoms with E-state index in [0.29, 0.717) is 5.69 Å². The molecular weight excluding hydrogens is 258 g/mol. The van der Waals surface area contributed by atoms with Gasteiger partial charge in [0.05, 0.1) is 5.69 Å². The number of nitrogens with zero attached hydrogens (tertiary/aromatic N) is 4. The number of aromatic nitrogens is 4. The third-order valence-corrected chi connectivity index (χ3v) is 3.16. The minimum atomic E-state index is -0.386. The Kier molecular flexibility index (Phi) is 3.20. The number of nitrogens with two attached hydrogens (primary N) is 1.